The van der Waals surface area contributed by atoms with Crippen molar-refractivity contribution in [3.8, 4) is 5.75 Å². The molecule has 0 amide bonds. The molecule has 0 saturated heterocycles. The molecule has 2 aromatic rings. The van der Waals surface area contributed by atoms with Gasteiger partial charge in [0.05, 0.1) is 7.11 Å². The van der Waals surface area contributed by atoms with Crippen LogP contribution in [0.2, 0.25) is 0 Å². The smallest absolute Gasteiger partial charge is 0.119 e. The van der Waals surface area contributed by atoms with E-state index in [9.17, 15) is 0 Å². The third-order valence-electron chi connectivity index (χ3n) is 3.30. The molecule has 0 aliphatic heterocycles. The highest BCUT2D eigenvalue weighted by Gasteiger charge is 2.03. The molecule has 0 aliphatic rings. The largest absolute Gasteiger partial charge is 0.497 e. The van der Waals surface area contributed by atoms with Crippen molar-refractivity contribution in [2.24, 2.45) is 5.73 Å². The second kappa shape index (κ2) is 7.08. The highest BCUT2D eigenvalue weighted by Crippen LogP contribution is 2.15. The molecule has 0 saturated carbocycles. The summed E-state index contributed by atoms with van der Waals surface area (Å²) in [5.74, 6) is 0.906. The van der Waals surface area contributed by atoms with Gasteiger partial charge in [0, 0.05) is 19.6 Å². The fourth-order valence-corrected chi connectivity index (χ4v) is 2.23. The van der Waals surface area contributed by atoms with E-state index < -0.39 is 0 Å². The molecule has 0 fully saturated rings. The summed E-state index contributed by atoms with van der Waals surface area (Å²) in [4.78, 5) is 2.28. The lowest BCUT2D eigenvalue weighted by atomic mass is 10.1. The van der Waals surface area contributed by atoms with Crippen LogP contribution in [-0.2, 0) is 19.6 Å². The minimum absolute atomic E-state index is 0.597. The van der Waals surface area contributed by atoms with Gasteiger partial charge in [-0.3, -0.25) is 4.90 Å². The number of nitrogens with zero attached hydrogens (tertiary/aromatic N) is 1. The summed E-state index contributed by atoms with van der Waals surface area (Å²) in [6.45, 7) is 2.41. The van der Waals surface area contributed by atoms with Gasteiger partial charge in [0.2, 0.25) is 0 Å². The van der Waals surface area contributed by atoms with Crippen molar-refractivity contribution in [2.45, 2.75) is 19.6 Å². The SMILES string of the molecule is COc1cccc(CN(C)Cc2ccc(CN)cc2)c1. The van der Waals surface area contributed by atoms with E-state index in [0.717, 1.165) is 18.8 Å². The summed E-state index contributed by atoms with van der Waals surface area (Å²) in [6.07, 6.45) is 0. The minimum atomic E-state index is 0.597. The van der Waals surface area contributed by atoms with Crippen molar-refractivity contribution < 1.29 is 4.74 Å². The summed E-state index contributed by atoms with van der Waals surface area (Å²) in [5.41, 5.74) is 9.33. The topological polar surface area (TPSA) is 38.5 Å². The second-order valence-electron chi connectivity index (χ2n) is 5.04. The summed E-state index contributed by atoms with van der Waals surface area (Å²) >= 11 is 0. The van der Waals surface area contributed by atoms with Gasteiger partial charge in [0.25, 0.3) is 0 Å². The summed E-state index contributed by atoms with van der Waals surface area (Å²) in [7, 11) is 3.82. The Morgan fingerprint density at radius 3 is 2.25 bits per heavy atom. The lowest BCUT2D eigenvalue weighted by Gasteiger charge is -2.17. The van der Waals surface area contributed by atoms with Crippen LogP contribution in [0.5, 0.6) is 5.75 Å². The lowest BCUT2D eigenvalue weighted by molar-refractivity contribution is 0.318. The van der Waals surface area contributed by atoms with Gasteiger partial charge in [-0.1, -0.05) is 36.4 Å². The van der Waals surface area contributed by atoms with Gasteiger partial charge in [0.15, 0.2) is 0 Å². The Bertz CT molecular complexity index is 537. The van der Waals surface area contributed by atoms with Crippen LogP contribution in [0.25, 0.3) is 0 Å². The number of benzene rings is 2. The molecule has 0 bridgehead atoms. The van der Waals surface area contributed by atoms with Crippen LogP contribution in [0.3, 0.4) is 0 Å². The molecule has 0 radical (unpaired) electrons. The summed E-state index contributed by atoms with van der Waals surface area (Å²) in [5, 5.41) is 0. The Morgan fingerprint density at radius 1 is 0.950 bits per heavy atom. The summed E-state index contributed by atoms with van der Waals surface area (Å²) < 4.78 is 5.25. The van der Waals surface area contributed by atoms with E-state index in [0.29, 0.717) is 6.54 Å². The highest BCUT2D eigenvalue weighted by molar-refractivity contribution is 5.28. The van der Waals surface area contributed by atoms with E-state index in [-0.39, 0.29) is 0 Å². The molecule has 106 valence electrons. The van der Waals surface area contributed by atoms with Crippen molar-refractivity contribution in [3.63, 3.8) is 0 Å². The number of nitrogens with two attached hydrogens (primary N) is 1. The van der Waals surface area contributed by atoms with Crippen LogP contribution >= 0.6 is 0 Å². The van der Waals surface area contributed by atoms with Gasteiger partial charge in [-0.25, -0.2) is 0 Å². The molecule has 2 N–H and O–H groups in total. The normalized spacial score (nSPS) is 10.8. The lowest BCUT2D eigenvalue weighted by Crippen LogP contribution is -2.17. The highest BCUT2D eigenvalue weighted by atomic mass is 16.5. The van der Waals surface area contributed by atoms with Crippen LogP contribution in [0.4, 0.5) is 0 Å². The van der Waals surface area contributed by atoms with Gasteiger partial charge in [-0.05, 0) is 35.9 Å². The molecule has 3 nitrogen and oxygen atoms in total. The molecule has 20 heavy (non-hydrogen) atoms. The number of methoxy groups -OCH3 is 1. The maximum Gasteiger partial charge on any atom is 0.119 e. The Labute approximate surface area is 121 Å². The molecule has 2 rings (SSSR count). The zero-order valence-electron chi connectivity index (χ0n) is 12.2. The van der Waals surface area contributed by atoms with E-state index in [1.807, 2.05) is 12.1 Å². The van der Waals surface area contributed by atoms with Crippen LogP contribution in [0.1, 0.15) is 16.7 Å². The van der Waals surface area contributed by atoms with Gasteiger partial charge in [0.1, 0.15) is 5.75 Å². The van der Waals surface area contributed by atoms with Crippen LogP contribution < -0.4 is 10.5 Å². The third-order valence-corrected chi connectivity index (χ3v) is 3.30. The Morgan fingerprint density at radius 2 is 1.60 bits per heavy atom. The van der Waals surface area contributed by atoms with Crippen molar-refractivity contribution in [3.05, 3.63) is 65.2 Å². The quantitative estimate of drug-likeness (QED) is 0.877. The van der Waals surface area contributed by atoms with Gasteiger partial charge >= 0.3 is 0 Å². The first-order chi connectivity index (χ1) is 9.71. The first-order valence-electron chi connectivity index (χ1n) is 6.80. The number of hydrogen-bond acceptors (Lipinski definition) is 3. The van der Waals surface area contributed by atoms with Gasteiger partial charge in [-0.15, -0.1) is 0 Å². The Kier molecular flexibility index (Phi) is 5.16. The number of rotatable bonds is 6. The predicted octanol–water partition coefficient (Wildman–Crippen LogP) is 2.79. The first kappa shape index (κ1) is 14.6. The molecule has 0 atom stereocenters. The van der Waals surface area contributed by atoms with Gasteiger partial charge in [-0.2, -0.15) is 0 Å². The van der Waals surface area contributed by atoms with Crippen molar-refractivity contribution in [2.75, 3.05) is 14.2 Å². The van der Waals surface area contributed by atoms with Crippen molar-refractivity contribution in [1.29, 1.82) is 0 Å². The van der Waals surface area contributed by atoms with Crippen molar-refractivity contribution >= 4 is 0 Å². The number of ether oxygens (including phenoxy) is 1. The fraction of sp³-hybridized carbons (Fsp3) is 0.294. The molecule has 0 unspecified atom stereocenters. The first-order valence-corrected chi connectivity index (χ1v) is 6.80. The van der Waals surface area contributed by atoms with E-state index in [2.05, 4.69) is 48.3 Å². The van der Waals surface area contributed by atoms with Crippen LogP contribution in [0.15, 0.2) is 48.5 Å². The Hall–Kier alpha value is -1.84. The standard InChI is InChI=1S/C17H22N2O/c1-19(12-15-8-6-14(11-18)7-9-15)13-16-4-3-5-17(10-16)20-2/h3-10H,11-13,18H2,1-2H3. The van der Waals surface area contributed by atoms with E-state index >= 15 is 0 Å². The van der Waals surface area contributed by atoms with E-state index in [4.69, 9.17) is 10.5 Å². The molecule has 0 spiro atoms. The number of hydrogen-bond donors (Lipinski definition) is 1. The second-order valence-corrected chi connectivity index (χ2v) is 5.04. The average Bonchev–Trinajstić information content (AvgIpc) is 2.48. The zero-order chi connectivity index (χ0) is 14.4. The Balaban J connectivity index is 1.95. The van der Waals surface area contributed by atoms with E-state index in [1.165, 1.54) is 16.7 Å². The fourth-order valence-electron chi connectivity index (χ4n) is 2.23. The molecule has 0 aromatic heterocycles. The predicted molar refractivity (Wildman–Crippen MR) is 82.5 cm³/mol. The molecule has 0 heterocycles. The molecular weight excluding hydrogens is 248 g/mol. The zero-order valence-corrected chi connectivity index (χ0v) is 12.2. The monoisotopic (exact) mass is 270 g/mol. The van der Waals surface area contributed by atoms with Crippen molar-refractivity contribution in [1.82, 2.24) is 4.90 Å². The molecule has 2 aromatic carbocycles. The van der Waals surface area contributed by atoms with Crippen LogP contribution in [0, 0.1) is 0 Å². The summed E-state index contributed by atoms with van der Waals surface area (Å²) in [6, 6.07) is 16.7. The van der Waals surface area contributed by atoms with E-state index in [1.54, 1.807) is 7.11 Å². The van der Waals surface area contributed by atoms with Crippen LogP contribution in [-0.4, -0.2) is 19.1 Å². The third kappa shape index (κ3) is 4.08. The maximum atomic E-state index is 5.61. The van der Waals surface area contributed by atoms with Gasteiger partial charge < -0.3 is 10.5 Å². The molecule has 0 aliphatic carbocycles. The minimum Gasteiger partial charge on any atom is -0.497 e. The average molecular weight is 270 g/mol. The molecular formula is C17H22N2O. The maximum absolute atomic E-state index is 5.61. The molecule has 3 heteroatoms.